The fourth-order valence-corrected chi connectivity index (χ4v) is 2.93. The summed E-state index contributed by atoms with van der Waals surface area (Å²) in [7, 11) is -1.37. The van der Waals surface area contributed by atoms with E-state index >= 15 is 0 Å². The van der Waals surface area contributed by atoms with Gasteiger partial charge in [0.05, 0.1) is 0 Å². The minimum atomic E-state index is -1.37. The van der Waals surface area contributed by atoms with E-state index in [1.807, 2.05) is 6.07 Å². The van der Waals surface area contributed by atoms with Gasteiger partial charge in [-0.25, -0.2) is 0 Å². The van der Waals surface area contributed by atoms with Gasteiger partial charge in [0.25, 0.3) is 0 Å². The molecule has 0 aliphatic carbocycles. The van der Waals surface area contributed by atoms with Gasteiger partial charge in [0.2, 0.25) is 0 Å². The SMILES string of the molecule is CCCO[SiH](CC)OCCc1ccccc1. The molecular weight excluding hydrogens is 216 g/mol. The zero-order valence-corrected chi connectivity index (χ0v) is 11.5. The maximum Gasteiger partial charge on any atom is 0.321 e. The van der Waals surface area contributed by atoms with Gasteiger partial charge < -0.3 is 8.85 Å². The van der Waals surface area contributed by atoms with Crippen molar-refractivity contribution >= 4 is 9.28 Å². The summed E-state index contributed by atoms with van der Waals surface area (Å²) in [5, 5.41) is 0. The lowest BCUT2D eigenvalue weighted by molar-refractivity contribution is 0.199. The molecule has 0 fully saturated rings. The summed E-state index contributed by atoms with van der Waals surface area (Å²) in [4.78, 5) is 0. The quantitative estimate of drug-likeness (QED) is 0.648. The number of hydrogen-bond donors (Lipinski definition) is 0. The Labute approximate surface area is 100 Å². The molecule has 1 aromatic rings. The van der Waals surface area contributed by atoms with Crippen molar-refractivity contribution in [2.75, 3.05) is 13.2 Å². The fourth-order valence-electron chi connectivity index (χ4n) is 1.49. The van der Waals surface area contributed by atoms with Crippen LogP contribution in [0.5, 0.6) is 0 Å². The molecule has 0 bridgehead atoms. The zero-order valence-electron chi connectivity index (χ0n) is 10.3. The van der Waals surface area contributed by atoms with E-state index in [9.17, 15) is 0 Å². The third-order valence-electron chi connectivity index (χ3n) is 2.38. The maximum absolute atomic E-state index is 5.81. The summed E-state index contributed by atoms with van der Waals surface area (Å²) in [5.74, 6) is 0. The van der Waals surface area contributed by atoms with Crippen LogP contribution in [0.3, 0.4) is 0 Å². The molecule has 1 unspecified atom stereocenters. The largest absolute Gasteiger partial charge is 0.397 e. The molecule has 90 valence electrons. The van der Waals surface area contributed by atoms with E-state index < -0.39 is 9.28 Å². The average molecular weight is 238 g/mol. The van der Waals surface area contributed by atoms with Crippen molar-refractivity contribution in [2.24, 2.45) is 0 Å². The molecule has 0 aliphatic rings. The standard InChI is InChI=1S/C13H22O2Si/c1-3-11-14-16(4-2)15-12-10-13-8-6-5-7-9-13/h5-9,16H,3-4,10-12H2,1-2H3. The van der Waals surface area contributed by atoms with Crippen LogP contribution in [0.4, 0.5) is 0 Å². The Morgan fingerprint density at radius 1 is 1.00 bits per heavy atom. The van der Waals surface area contributed by atoms with Crippen LogP contribution in [-0.2, 0) is 15.3 Å². The van der Waals surface area contributed by atoms with Crippen molar-refractivity contribution in [2.45, 2.75) is 32.7 Å². The second-order valence-corrected chi connectivity index (χ2v) is 6.16. The molecule has 0 saturated carbocycles. The highest BCUT2D eigenvalue weighted by Gasteiger charge is 2.09. The Kier molecular flexibility index (Phi) is 7.13. The predicted molar refractivity (Wildman–Crippen MR) is 70.0 cm³/mol. The zero-order chi connectivity index (χ0) is 11.6. The van der Waals surface area contributed by atoms with E-state index in [4.69, 9.17) is 8.85 Å². The van der Waals surface area contributed by atoms with Crippen LogP contribution in [0.2, 0.25) is 6.04 Å². The van der Waals surface area contributed by atoms with Gasteiger partial charge >= 0.3 is 9.28 Å². The Balaban J connectivity index is 2.18. The molecule has 0 radical (unpaired) electrons. The van der Waals surface area contributed by atoms with Gasteiger partial charge in [-0.3, -0.25) is 0 Å². The van der Waals surface area contributed by atoms with Gasteiger partial charge in [-0.2, -0.15) is 0 Å². The third kappa shape index (κ3) is 5.44. The molecule has 0 spiro atoms. The molecule has 1 aromatic carbocycles. The molecule has 1 atom stereocenters. The van der Waals surface area contributed by atoms with Gasteiger partial charge in [0.15, 0.2) is 0 Å². The Morgan fingerprint density at radius 3 is 2.31 bits per heavy atom. The molecule has 2 nitrogen and oxygen atoms in total. The molecule has 0 saturated heterocycles. The molecule has 0 aromatic heterocycles. The second kappa shape index (κ2) is 8.50. The van der Waals surface area contributed by atoms with E-state index in [-0.39, 0.29) is 0 Å². The third-order valence-corrected chi connectivity index (χ3v) is 4.26. The smallest absolute Gasteiger partial charge is 0.321 e. The second-order valence-electron chi connectivity index (χ2n) is 3.81. The topological polar surface area (TPSA) is 18.5 Å². The predicted octanol–water partition coefficient (Wildman–Crippen LogP) is 2.91. The van der Waals surface area contributed by atoms with Crippen LogP contribution in [0.15, 0.2) is 30.3 Å². The lowest BCUT2D eigenvalue weighted by Crippen LogP contribution is -2.23. The molecule has 16 heavy (non-hydrogen) atoms. The first-order valence-corrected chi connectivity index (χ1v) is 7.89. The van der Waals surface area contributed by atoms with Crippen LogP contribution < -0.4 is 0 Å². The molecule has 0 heterocycles. The van der Waals surface area contributed by atoms with Crippen molar-refractivity contribution < 1.29 is 8.85 Å². The molecular formula is C13H22O2Si. The minimum absolute atomic E-state index is 0.790. The summed E-state index contributed by atoms with van der Waals surface area (Å²) in [5.41, 5.74) is 1.34. The van der Waals surface area contributed by atoms with E-state index in [0.29, 0.717) is 0 Å². The van der Waals surface area contributed by atoms with Crippen LogP contribution in [0.1, 0.15) is 25.8 Å². The van der Waals surface area contributed by atoms with E-state index in [2.05, 4.69) is 38.1 Å². The normalized spacial score (nSPS) is 12.6. The van der Waals surface area contributed by atoms with Gasteiger partial charge in [0, 0.05) is 13.2 Å². The summed E-state index contributed by atoms with van der Waals surface area (Å²) < 4.78 is 11.5. The van der Waals surface area contributed by atoms with E-state index in [1.165, 1.54) is 5.56 Å². The fraction of sp³-hybridized carbons (Fsp3) is 0.538. The Morgan fingerprint density at radius 2 is 1.69 bits per heavy atom. The molecule has 0 aliphatic heterocycles. The van der Waals surface area contributed by atoms with Crippen molar-refractivity contribution in [3.8, 4) is 0 Å². The van der Waals surface area contributed by atoms with Crippen molar-refractivity contribution in [3.05, 3.63) is 35.9 Å². The summed E-state index contributed by atoms with van der Waals surface area (Å²) in [6.45, 7) is 5.91. The molecule has 1 rings (SSSR count). The highest BCUT2D eigenvalue weighted by Crippen LogP contribution is 2.02. The first kappa shape index (κ1) is 13.4. The van der Waals surface area contributed by atoms with Gasteiger partial charge in [-0.1, -0.05) is 44.2 Å². The highest BCUT2D eigenvalue weighted by molar-refractivity contribution is 6.44. The lowest BCUT2D eigenvalue weighted by atomic mass is 10.2. The number of benzene rings is 1. The highest BCUT2D eigenvalue weighted by atomic mass is 28.3. The Bertz CT molecular complexity index is 264. The first-order chi connectivity index (χ1) is 7.86. The van der Waals surface area contributed by atoms with Crippen LogP contribution >= 0.6 is 0 Å². The van der Waals surface area contributed by atoms with E-state index in [1.54, 1.807) is 0 Å². The summed E-state index contributed by atoms with van der Waals surface area (Å²) in [6.07, 6.45) is 2.06. The Hall–Kier alpha value is -0.643. The molecule has 0 amide bonds. The number of rotatable bonds is 8. The van der Waals surface area contributed by atoms with Crippen LogP contribution in [0.25, 0.3) is 0 Å². The molecule has 3 heteroatoms. The van der Waals surface area contributed by atoms with Crippen molar-refractivity contribution in [1.82, 2.24) is 0 Å². The number of hydrogen-bond acceptors (Lipinski definition) is 2. The van der Waals surface area contributed by atoms with Gasteiger partial charge in [-0.05, 0) is 24.4 Å². The summed E-state index contributed by atoms with van der Waals surface area (Å²) in [6, 6.07) is 11.5. The van der Waals surface area contributed by atoms with Crippen LogP contribution in [0, 0.1) is 0 Å². The minimum Gasteiger partial charge on any atom is -0.397 e. The monoisotopic (exact) mass is 238 g/mol. The van der Waals surface area contributed by atoms with Gasteiger partial charge in [-0.15, -0.1) is 0 Å². The maximum atomic E-state index is 5.81. The van der Waals surface area contributed by atoms with Crippen molar-refractivity contribution in [1.29, 1.82) is 0 Å². The van der Waals surface area contributed by atoms with E-state index in [0.717, 1.165) is 32.1 Å². The average Bonchev–Trinajstić information content (AvgIpc) is 2.35. The first-order valence-electron chi connectivity index (χ1n) is 6.14. The van der Waals surface area contributed by atoms with Crippen LogP contribution in [-0.4, -0.2) is 22.5 Å². The van der Waals surface area contributed by atoms with Crippen molar-refractivity contribution in [3.63, 3.8) is 0 Å². The summed E-state index contributed by atoms with van der Waals surface area (Å²) >= 11 is 0. The molecule has 0 N–H and O–H groups in total. The lowest BCUT2D eigenvalue weighted by Gasteiger charge is -2.14. The van der Waals surface area contributed by atoms with Gasteiger partial charge in [0.1, 0.15) is 0 Å².